The molecule has 0 amide bonds. The monoisotopic (exact) mass is 544 g/mol. The van der Waals surface area contributed by atoms with Crippen LogP contribution >= 0.6 is 0 Å². The number of hydrogen-bond acceptors (Lipinski definition) is 3. The van der Waals surface area contributed by atoms with Crippen LogP contribution in [0.3, 0.4) is 0 Å². The van der Waals surface area contributed by atoms with Gasteiger partial charge in [0.2, 0.25) is 0 Å². The van der Waals surface area contributed by atoms with E-state index in [1.807, 2.05) is 0 Å². The molecule has 0 aliphatic rings. The Bertz CT molecular complexity index is 742. The molecule has 1 unspecified atom stereocenters. The lowest BCUT2D eigenvalue weighted by Crippen LogP contribution is -2.20. The van der Waals surface area contributed by atoms with Crippen molar-refractivity contribution in [3.8, 4) is 0 Å². The second-order valence-electron chi connectivity index (χ2n) is 12.0. The van der Waals surface area contributed by atoms with Crippen molar-refractivity contribution in [3.63, 3.8) is 0 Å². The summed E-state index contributed by atoms with van der Waals surface area (Å²) in [5, 5.41) is 9.46. The summed E-state index contributed by atoms with van der Waals surface area (Å²) in [6.45, 7) is 6.81. The standard InChI is InChI=1S/C35H60O4/c1-4-5-6-7-8-9-10-11-12-13-14-15-16-17-21-26-31(27-22-19-18-20-25-30(2)3)39-35(38)33-29-24-23-28-32(33)34(36)37/h23-24,28-31H,4-22,25-27H2,1-3H3,(H,36,37). The average Bonchev–Trinajstić information content (AvgIpc) is 2.92. The summed E-state index contributed by atoms with van der Waals surface area (Å²) in [6, 6.07) is 6.37. The molecule has 0 spiro atoms. The van der Waals surface area contributed by atoms with E-state index in [-0.39, 0.29) is 17.2 Å². The van der Waals surface area contributed by atoms with Gasteiger partial charge in [0, 0.05) is 0 Å². The first-order valence-electron chi connectivity index (χ1n) is 16.5. The lowest BCUT2D eigenvalue weighted by atomic mass is 10.00. The normalized spacial score (nSPS) is 12.1. The lowest BCUT2D eigenvalue weighted by Gasteiger charge is -2.19. The Morgan fingerprint density at radius 1 is 0.615 bits per heavy atom. The maximum absolute atomic E-state index is 12.9. The van der Waals surface area contributed by atoms with Crippen LogP contribution < -0.4 is 0 Å². The van der Waals surface area contributed by atoms with E-state index in [2.05, 4.69) is 20.8 Å². The SMILES string of the molecule is CCCCCCCCCCCCCCCCCC(CCCCCCC(C)C)OC(=O)c1ccccc1C(=O)O. The fraction of sp³-hybridized carbons (Fsp3) is 0.771. The molecule has 1 N–H and O–H groups in total. The van der Waals surface area contributed by atoms with Gasteiger partial charge in [-0.2, -0.15) is 0 Å². The summed E-state index contributed by atoms with van der Waals surface area (Å²) in [7, 11) is 0. The summed E-state index contributed by atoms with van der Waals surface area (Å²) in [4.78, 5) is 24.4. The number of hydrogen-bond donors (Lipinski definition) is 1. The van der Waals surface area contributed by atoms with Gasteiger partial charge in [-0.3, -0.25) is 0 Å². The Morgan fingerprint density at radius 3 is 1.41 bits per heavy atom. The van der Waals surface area contributed by atoms with Gasteiger partial charge in [-0.1, -0.05) is 148 Å². The van der Waals surface area contributed by atoms with Crippen LogP contribution in [0.25, 0.3) is 0 Å². The van der Waals surface area contributed by atoms with Crippen molar-refractivity contribution in [2.75, 3.05) is 0 Å². The molecule has 39 heavy (non-hydrogen) atoms. The largest absolute Gasteiger partial charge is 0.478 e. The second-order valence-corrected chi connectivity index (χ2v) is 12.0. The summed E-state index contributed by atoms with van der Waals surface area (Å²) in [6.07, 6.45) is 27.6. The number of aromatic carboxylic acids is 1. The Kier molecular flexibility index (Phi) is 21.7. The topological polar surface area (TPSA) is 63.6 Å². The number of carboxylic acid groups (broad SMARTS) is 1. The van der Waals surface area contributed by atoms with Crippen molar-refractivity contribution in [3.05, 3.63) is 35.4 Å². The van der Waals surface area contributed by atoms with E-state index < -0.39 is 11.9 Å². The van der Waals surface area contributed by atoms with Gasteiger partial charge in [-0.15, -0.1) is 0 Å². The van der Waals surface area contributed by atoms with Gasteiger partial charge in [0.05, 0.1) is 11.1 Å². The van der Waals surface area contributed by atoms with E-state index in [0.717, 1.165) is 38.0 Å². The van der Waals surface area contributed by atoms with Gasteiger partial charge in [0.15, 0.2) is 0 Å². The number of carboxylic acids is 1. The predicted molar refractivity (Wildman–Crippen MR) is 165 cm³/mol. The highest BCUT2D eigenvalue weighted by atomic mass is 16.5. The first kappa shape index (κ1) is 35.2. The first-order chi connectivity index (χ1) is 19.0. The molecule has 1 atom stereocenters. The minimum Gasteiger partial charge on any atom is -0.478 e. The first-order valence-corrected chi connectivity index (χ1v) is 16.5. The van der Waals surface area contributed by atoms with Crippen LogP contribution in [0.15, 0.2) is 24.3 Å². The van der Waals surface area contributed by atoms with Crippen molar-refractivity contribution >= 4 is 11.9 Å². The van der Waals surface area contributed by atoms with Gasteiger partial charge < -0.3 is 9.84 Å². The van der Waals surface area contributed by atoms with Crippen LogP contribution in [-0.4, -0.2) is 23.1 Å². The highest BCUT2D eigenvalue weighted by Crippen LogP contribution is 2.20. The molecule has 4 nitrogen and oxygen atoms in total. The van der Waals surface area contributed by atoms with Crippen LogP contribution in [0, 0.1) is 5.92 Å². The maximum atomic E-state index is 12.9. The Morgan fingerprint density at radius 2 is 1.00 bits per heavy atom. The highest BCUT2D eigenvalue weighted by molar-refractivity contribution is 6.02. The Hall–Kier alpha value is -1.84. The molecule has 0 bridgehead atoms. The van der Waals surface area contributed by atoms with E-state index in [0.29, 0.717) is 0 Å². The van der Waals surface area contributed by atoms with Crippen LogP contribution in [-0.2, 0) is 4.74 Å². The van der Waals surface area contributed by atoms with Crippen molar-refractivity contribution < 1.29 is 19.4 Å². The number of carbonyl (C=O) groups is 2. The number of ether oxygens (including phenoxy) is 1. The molecule has 0 fully saturated rings. The quantitative estimate of drug-likeness (QED) is 0.0930. The third-order valence-corrected chi connectivity index (χ3v) is 7.84. The Labute approximate surface area is 240 Å². The second kappa shape index (κ2) is 24.0. The van der Waals surface area contributed by atoms with Gasteiger partial charge in [-0.25, -0.2) is 9.59 Å². The number of benzene rings is 1. The lowest BCUT2D eigenvalue weighted by molar-refractivity contribution is 0.0244. The zero-order chi connectivity index (χ0) is 28.6. The number of esters is 1. The fourth-order valence-corrected chi connectivity index (χ4v) is 5.35. The molecule has 1 aromatic rings. The smallest absolute Gasteiger partial charge is 0.339 e. The van der Waals surface area contributed by atoms with Crippen molar-refractivity contribution in [1.82, 2.24) is 0 Å². The third-order valence-electron chi connectivity index (χ3n) is 7.84. The summed E-state index contributed by atoms with van der Waals surface area (Å²) < 4.78 is 5.89. The fourth-order valence-electron chi connectivity index (χ4n) is 5.35. The molecular weight excluding hydrogens is 484 g/mol. The van der Waals surface area contributed by atoms with Crippen molar-refractivity contribution in [2.24, 2.45) is 5.92 Å². The molecule has 0 saturated heterocycles. The number of rotatable bonds is 26. The molecule has 1 aromatic carbocycles. The van der Waals surface area contributed by atoms with Crippen LogP contribution in [0.2, 0.25) is 0 Å². The van der Waals surface area contributed by atoms with E-state index in [1.54, 1.807) is 18.2 Å². The minimum atomic E-state index is -1.09. The highest BCUT2D eigenvalue weighted by Gasteiger charge is 2.21. The van der Waals surface area contributed by atoms with E-state index >= 15 is 0 Å². The van der Waals surface area contributed by atoms with Gasteiger partial charge in [-0.05, 0) is 43.7 Å². The third kappa shape index (κ3) is 19.0. The molecule has 0 radical (unpaired) electrons. The molecule has 1 rings (SSSR count). The zero-order valence-electron chi connectivity index (χ0n) is 25.7. The predicted octanol–water partition coefficient (Wildman–Crippen LogP) is 11.2. The molecule has 0 saturated carbocycles. The van der Waals surface area contributed by atoms with Gasteiger partial charge in [0.25, 0.3) is 0 Å². The minimum absolute atomic E-state index is 0.0157. The molecule has 0 aliphatic heterocycles. The molecule has 4 heteroatoms. The van der Waals surface area contributed by atoms with Crippen molar-refractivity contribution in [2.45, 2.75) is 168 Å². The van der Waals surface area contributed by atoms with Crippen LogP contribution in [0.4, 0.5) is 0 Å². The number of carbonyl (C=O) groups excluding carboxylic acids is 1. The Balaban J connectivity index is 2.29. The van der Waals surface area contributed by atoms with Gasteiger partial charge in [0.1, 0.15) is 6.10 Å². The maximum Gasteiger partial charge on any atom is 0.339 e. The molecular formula is C35H60O4. The molecule has 0 aromatic heterocycles. The van der Waals surface area contributed by atoms with E-state index in [1.165, 1.54) is 115 Å². The summed E-state index contributed by atoms with van der Waals surface area (Å²) >= 11 is 0. The van der Waals surface area contributed by atoms with Crippen molar-refractivity contribution in [1.29, 1.82) is 0 Å². The van der Waals surface area contributed by atoms with Crippen LogP contribution in [0.5, 0.6) is 0 Å². The van der Waals surface area contributed by atoms with E-state index in [4.69, 9.17) is 4.74 Å². The average molecular weight is 545 g/mol. The number of unbranched alkanes of at least 4 members (excludes halogenated alkanes) is 17. The molecule has 224 valence electrons. The molecule has 0 heterocycles. The zero-order valence-corrected chi connectivity index (χ0v) is 25.7. The summed E-state index contributed by atoms with van der Waals surface area (Å²) in [5.41, 5.74) is 0.172. The van der Waals surface area contributed by atoms with E-state index in [9.17, 15) is 14.7 Å². The summed E-state index contributed by atoms with van der Waals surface area (Å²) in [5.74, 6) is -0.844. The molecule has 0 aliphatic carbocycles. The van der Waals surface area contributed by atoms with Gasteiger partial charge >= 0.3 is 11.9 Å². The van der Waals surface area contributed by atoms with Crippen LogP contribution in [0.1, 0.15) is 183 Å².